The van der Waals surface area contributed by atoms with Crippen LogP contribution in [-0.2, 0) is 6.42 Å². The van der Waals surface area contributed by atoms with Crippen LogP contribution in [0.2, 0.25) is 0 Å². The minimum atomic E-state index is 0.203. The molecule has 1 rings (SSSR count). The standard InChI is InChI=1S/C11H20N2S/c1-11(8-12,9-13(2)3)7-10-5-4-6-14-10/h4-6H,7-9,12H2,1-3H3. The van der Waals surface area contributed by atoms with Gasteiger partial charge in [-0.3, -0.25) is 0 Å². The zero-order valence-corrected chi connectivity index (χ0v) is 10.1. The molecule has 0 bridgehead atoms. The minimum absolute atomic E-state index is 0.203. The molecule has 0 aliphatic heterocycles. The molecule has 1 unspecified atom stereocenters. The van der Waals surface area contributed by atoms with Crippen molar-refractivity contribution in [2.75, 3.05) is 27.2 Å². The number of nitrogens with zero attached hydrogens (tertiary/aromatic N) is 1. The molecule has 3 heteroatoms. The summed E-state index contributed by atoms with van der Waals surface area (Å²) in [6.07, 6.45) is 1.08. The molecule has 0 fully saturated rings. The van der Waals surface area contributed by atoms with Crippen LogP contribution in [-0.4, -0.2) is 32.1 Å². The number of rotatable bonds is 5. The molecular formula is C11H20N2S. The van der Waals surface area contributed by atoms with Gasteiger partial charge in [0, 0.05) is 11.4 Å². The van der Waals surface area contributed by atoms with Crippen molar-refractivity contribution in [3.63, 3.8) is 0 Å². The summed E-state index contributed by atoms with van der Waals surface area (Å²) in [5.41, 5.74) is 6.05. The Kier molecular flexibility index (Phi) is 4.11. The summed E-state index contributed by atoms with van der Waals surface area (Å²) in [7, 11) is 4.20. The second-order valence-corrected chi connectivity index (χ2v) is 5.54. The van der Waals surface area contributed by atoms with E-state index in [1.54, 1.807) is 0 Å². The van der Waals surface area contributed by atoms with Crippen molar-refractivity contribution < 1.29 is 0 Å². The van der Waals surface area contributed by atoms with Crippen LogP contribution in [0.25, 0.3) is 0 Å². The normalized spacial score (nSPS) is 15.8. The fourth-order valence-corrected chi connectivity index (χ4v) is 2.71. The number of hydrogen-bond donors (Lipinski definition) is 1. The Morgan fingerprint density at radius 1 is 1.50 bits per heavy atom. The van der Waals surface area contributed by atoms with E-state index < -0.39 is 0 Å². The molecule has 0 spiro atoms. The molecule has 1 aromatic heterocycles. The van der Waals surface area contributed by atoms with E-state index in [0.29, 0.717) is 0 Å². The van der Waals surface area contributed by atoms with Gasteiger partial charge in [-0.2, -0.15) is 0 Å². The third-order valence-corrected chi connectivity index (χ3v) is 3.25. The van der Waals surface area contributed by atoms with E-state index in [4.69, 9.17) is 5.73 Å². The molecule has 0 saturated carbocycles. The maximum atomic E-state index is 5.85. The van der Waals surface area contributed by atoms with Gasteiger partial charge in [0.1, 0.15) is 0 Å². The Morgan fingerprint density at radius 3 is 2.64 bits per heavy atom. The van der Waals surface area contributed by atoms with Gasteiger partial charge >= 0.3 is 0 Å². The van der Waals surface area contributed by atoms with Crippen molar-refractivity contribution in [3.05, 3.63) is 22.4 Å². The Bertz CT molecular complexity index is 256. The lowest BCUT2D eigenvalue weighted by atomic mass is 9.86. The smallest absolute Gasteiger partial charge is 0.00516 e. The summed E-state index contributed by atoms with van der Waals surface area (Å²) in [5.74, 6) is 0. The van der Waals surface area contributed by atoms with Crippen LogP contribution in [0.1, 0.15) is 11.8 Å². The summed E-state index contributed by atoms with van der Waals surface area (Å²) in [6, 6.07) is 4.29. The van der Waals surface area contributed by atoms with E-state index >= 15 is 0 Å². The van der Waals surface area contributed by atoms with Gasteiger partial charge in [-0.05, 0) is 43.9 Å². The van der Waals surface area contributed by atoms with Crippen molar-refractivity contribution in [3.8, 4) is 0 Å². The third kappa shape index (κ3) is 3.40. The van der Waals surface area contributed by atoms with Gasteiger partial charge in [0.05, 0.1) is 0 Å². The Hall–Kier alpha value is -0.380. The highest BCUT2D eigenvalue weighted by Gasteiger charge is 2.24. The topological polar surface area (TPSA) is 29.3 Å². The molecule has 0 radical (unpaired) electrons. The first-order valence-electron chi connectivity index (χ1n) is 4.93. The Labute approximate surface area is 90.7 Å². The molecule has 14 heavy (non-hydrogen) atoms. The van der Waals surface area contributed by atoms with Crippen LogP contribution < -0.4 is 5.73 Å². The second kappa shape index (κ2) is 4.91. The first kappa shape index (κ1) is 11.7. The number of nitrogens with two attached hydrogens (primary N) is 1. The molecule has 2 nitrogen and oxygen atoms in total. The highest BCUT2D eigenvalue weighted by molar-refractivity contribution is 7.09. The van der Waals surface area contributed by atoms with E-state index in [2.05, 4.69) is 43.4 Å². The van der Waals surface area contributed by atoms with Gasteiger partial charge in [0.25, 0.3) is 0 Å². The Morgan fingerprint density at radius 2 is 2.21 bits per heavy atom. The quantitative estimate of drug-likeness (QED) is 0.806. The van der Waals surface area contributed by atoms with Crippen molar-refractivity contribution in [1.82, 2.24) is 4.90 Å². The van der Waals surface area contributed by atoms with Crippen LogP contribution in [0.4, 0.5) is 0 Å². The van der Waals surface area contributed by atoms with Crippen LogP contribution in [0.5, 0.6) is 0 Å². The molecule has 0 amide bonds. The first-order chi connectivity index (χ1) is 6.56. The summed E-state index contributed by atoms with van der Waals surface area (Å²) < 4.78 is 0. The van der Waals surface area contributed by atoms with Crippen molar-refractivity contribution in [2.24, 2.45) is 11.1 Å². The van der Waals surface area contributed by atoms with Gasteiger partial charge in [0.15, 0.2) is 0 Å². The molecule has 0 aliphatic rings. The maximum absolute atomic E-state index is 5.85. The fourth-order valence-electron chi connectivity index (χ4n) is 1.79. The zero-order valence-electron chi connectivity index (χ0n) is 9.29. The lowest BCUT2D eigenvalue weighted by Crippen LogP contribution is -2.39. The average molecular weight is 212 g/mol. The molecular weight excluding hydrogens is 192 g/mol. The molecule has 0 saturated heterocycles. The molecule has 0 aromatic carbocycles. The summed E-state index contributed by atoms with van der Waals surface area (Å²) >= 11 is 1.82. The highest BCUT2D eigenvalue weighted by atomic mass is 32.1. The summed E-state index contributed by atoms with van der Waals surface area (Å²) in [4.78, 5) is 3.64. The monoisotopic (exact) mass is 212 g/mol. The largest absolute Gasteiger partial charge is 0.330 e. The molecule has 1 aromatic rings. The maximum Gasteiger partial charge on any atom is 0.00516 e. The van der Waals surface area contributed by atoms with Gasteiger partial charge < -0.3 is 10.6 Å². The number of thiophene rings is 1. The van der Waals surface area contributed by atoms with E-state index in [-0.39, 0.29) is 5.41 Å². The molecule has 80 valence electrons. The second-order valence-electron chi connectivity index (χ2n) is 4.51. The highest BCUT2D eigenvalue weighted by Crippen LogP contribution is 2.24. The lowest BCUT2D eigenvalue weighted by Gasteiger charge is -2.30. The lowest BCUT2D eigenvalue weighted by molar-refractivity contribution is 0.225. The van der Waals surface area contributed by atoms with E-state index in [0.717, 1.165) is 19.5 Å². The van der Waals surface area contributed by atoms with Gasteiger partial charge in [-0.25, -0.2) is 0 Å². The van der Waals surface area contributed by atoms with E-state index in [1.807, 2.05) is 11.3 Å². The van der Waals surface area contributed by atoms with Crippen LogP contribution in [0.15, 0.2) is 17.5 Å². The third-order valence-electron chi connectivity index (χ3n) is 2.37. The van der Waals surface area contributed by atoms with Gasteiger partial charge in [-0.15, -0.1) is 11.3 Å². The van der Waals surface area contributed by atoms with Gasteiger partial charge in [0.2, 0.25) is 0 Å². The predicted molar refractivity (Wildman–Crippen MR) is 63.7 cm³/mol. The minimum Gasteiger partial charge on any atom is -0.330 e. The number of hydrogen-bond acceptors (Lipinski definition) is 3. The Balaban J connectivity index is 2.61. The molecule has 1 atom stereocenters. The summed E-state index contributed by atoms with van der Waals surface area (Å²) in [6.45, 7) is 4.04. The van der Waals surface area contributed by atoms with Crippen LogP contribution in [0, 0.1) is 5.41 Å². The van der Waals surface area contributed by atoms with E-state index in [9.17, 15) is 0 Å². The molecule has 0 aliphatic carbocycles. The van der Waals surface area contributed by atoms with Crippen LogP contribution >= 0.6 is 11.3 Å². The average Bonchev–Trinajstić information content (AvgIpc) is 2.55. The first-order valence-corrected chi connectivity index (χ1v) is 5.81. The predicted octanol–water partition coefficient (Wildman–Crippen LogP) is 1.82. The van der Waals surface area contributed by atoms with Crippen molar-refractivity contribution >= 4 is 11.3 Å². The van der Waals surface area contributed by atoms with Crippen molar-refractivity contribution in [1.29, 1.82) is 0 Å². The summed E-state index contributed by atoms with van der Waals surface area (Å²) in [5, 5.41) is 2.13. The van der Waals surface area contributed by atoms with Gasteiger partial charge in [-0.1, -0.05) is 13.0 Å². The SMILES string of the molecule is CN(C)CC(C)(CN)Cc1cccs1. The zero-order chi connectivity index (χ0) is 10.6. The van der Waals surface area contributed by atoms with E-state index in [1.165, 1.54) is 4.88 Å². The van der Waals surface area contributed by atoms with Crippen molar-refractivity contribution in [2.45, 2.75) is 13.3 Å². The van der Waals surface area contributed by atoms with Crippen LogP contribution in [0.3, 0.4) is 0 Å². The fraction of sp³-hybridized carbons (Fsp3) is 0.636. The molecule has 1 heterocycles. The molecule has 2 N–H and O–H groups in total.